The molecule has 1 amide bonds. The van der Waals surface area contributed by atoms with Gasteiger partial charge in [0.15, 0.2) is 6.04 Å². The molecule has 2 aliphatic rings. The molecule has 1 heterocycles. The highest BCUT2D eigenvalue weighted by atomic mass is 16.6. The molecular formula is C23H25NO5. The van der Waals surface area contributed by atoms with Gasteiger partial charge in [0.25, 0.3) is 0 Å². The minimum absolute atomic E-state index is 0.0387. The number of carboxylic acids is 1. The Bertz CT molecular complexity index is 893. The van der Waals surface area contributed by atoms with Gasteiger partial charge in [-0.2, -0.15) is 0 Å². The minimum atomic E-state index is -1.09. The fourth-order valence-electron chi connectivity index (χ4n) is 4.23. The van der Waals surface area contributed by atoms with Crippen LogP contribution in [0.4, 0.5) is 4.79 Å². The van der Waals surface area contributed by atoms with E-state index in [0.29, 0.717) is 6.61 Å². The predicted octanol–water partition coefficient (Wildman–Crippen LogP) is 3.75. The number of carbonyl (C=O) groups excluding carboxylic acids is 1. The van der Waals surface area contributed by atoms with Crippen LogP contribution in [0.5, 0.6) is 0 Å². The van der Waals surface area contributed by atoms with Crippen LogP contribution in [0.1, 0.15) is 30.9 Å². The van der Waals surface area contributed by atoms with E-state index in [1.54, 1.807) is 0 Å². The summed E-state index contributed by atoms with van der Waals surface area (Å²) in [6.07, 6.45) is -0.613. The van der Waals surface area contributed by atoms with Crippen molar-refractivity contribution >= 4 is 12.1 Å². The molecule has 1 aliphatic carbocycles. The van der Waals surface area contributed by atoms with Gasteiger partial charge in [0.05, 0.1) is 13.2 Å². The number of hydrogen-bond acceptors (Lipinski definition) is 4. The van der Waals surface area contributed by atoms with Crippen molar-refractivity contribution in [2.24, 2.45) is 5.41 Å². The summed E-state index contributed by atoms with van der Waals surface area (Å²) in [5.41, 5.74) is 4.19. The Labute approximate surface area is 170 Å². The first-order chi connectivity index (χ1) is 13.9. The molecule has 0 saturated carbocycles. The average molecular weight is 395 g/mol. The van der Waals surface area contributed by atoms with E-state index in [2.05, 4.69) is 24.3 Å². The van der Waals surface area contributed by atoms with Gasteiger partial charge in [-0.3, -0.25) is 4.90 Å². The normalized spacial score (nSPS) is 20.5. The molecule has 152 valence electrons. The van der Waals surface area contributed by atoms with Crippen molar-refractivity contribution in [1.82, 2.24) is 4.90 Å². The summed E-state index contributed by atoms with van der Waals surface area (Å²) < 4.78 is 11.2. The number of rotatable bonds is 3. The van der Waals surface area contributed by atoms with Gasteiger partial charge in [-0.05, 0) is 22.3 Å². The molecule has 1 unspecified atom stereocenters. The van der Waals surface area contributed by atoms with Crippen molar-refractivity contribution < 1.29 is 24.2 Å². The lowest BCUT2D eigenvalue weighted by molar-refractivity contribution is -0.144. The van der Waals surface area contributed by atoms with Crippen molar-refractivity contribution in [2.75, 3.05) is 26.4 Å². The molecule has 1 saturated heterocycles. The van der Waals surface area contributed by atoms with Gasteiger partial charge in [0.1, 0.15) is 6.61 Å². The summed E-state index contributed by atoms with van der Waals surface area (Å²) in [6, 6.07) is 15.2. The van der Waals surface area contributed by atoms with E-state index >= 15 is 0 Å². The second kappa shape index (κ2) is 7.52. The SMILES string of the molecule is CC1(C)COCC(C(=O)O)N(C(=O)OCC2c3ccccc3-c3ccccc32)C1. The van der Waals surface area contributed by atoms with Crippen molar-refractivity contribution in [3.63, 3.8) is 0 Å². The highest BCUT2D eigenvalue weighted by Gasteiger charge is 2.39. The lowest BCUT2D eigenvalue weighted by Gasteiger charge is -2.31. The van der Waals surface area contributed by atoms with Crippen LogP contribution in [-0.2, 0) is 14.3 Å². The number of ether oxygens (including phenoxy) is 2. The van der Waals surface area contributed by atoms with E-state index in [-0.39, 0.29) is 31.1 Å². The maximum atomic E-state index is 12.9. The number of benzene rings is 2. The van der Waals surface area contributed by atoms with Crippen molar-refractivity contribution in [2.45, 2.75) is 25.8 Å². The molecule has 29 heavy (non-hydrogen) atoms. The van der Waals surface area contributed by atoms with Gasteiger partial charge in [0.2, 0.25) is 0 Å². The standard InChI is InChI=1S/C23H25NO5/c1-23(2)13-24(20(21(25)26)12-28-14-23)22(27)29-11-19-17-9-5-3-7-15(17)16-8-4-6-10-18(16)19/h3-10,19-20H,11-14H2,1-2H3,(H,25,26). The number of carboxylic acid groups (broad SMARTS) is 1. The van der Waals surface area contributed by atoms with Crippen LogP contribution < -0.4 is 0 Å². The molecule has 4 rings (SSSR count). The first-order valence-electron chi connectivity index (χ1n) is 9.79. The molecule has 1 atom stereocenters. The highest BCUT2D eigenvalue weighted by Crippen LogP contribution is 2.44. The zero-order valence-corrected chi connectivity index (χ0v) is 16.6. The Morgan fingerprint density at radius 3 is 2.28 bits per heavy atom. The minimum Gasteiger partial charge on any atom is -0.480 e. The van der Waals surface area contributed by atoms with Gasteiger partial charge in [-0.1, -0.05) is 62.4 Å². The van der Waals surface area contributed by atoms with Crippen LogP contribution in [-0.4, -0.2) is 54.5 Å². The fraction of sp³-hybridized carbons (Fsp3) is 0.391. The van der Waals surface area contributed by atoms with E-state index in [9.17, 15) is 14.7 Å². The molecule has 2 aromatic rings. The van der Waals surface area contributed by atoms with Gasteiger partial charge in [-0.25, -0.2) is 9.59 Å². The highest BCUT2D eigenvalue weighted by molar-refractivity contribution is 5.81. The molecule has 6 heteroatoms. The smallest absolute Gasteiger partial charge is 0.410 e. The number of aliphatic carboxylic acids is 1. The summed E-state index contributed by atoms with van der Waals surface area (Å²) >= 11 is 0. The number of hydrogen-bond donors (Lipinski definition) is 1. The largest absolute Gasteiger partial charge is 0.480 e. The van der Waals surface area contributed by atoms with Crippen LogP contribution in [0.15, 0.2) is 48.5 Å². The molecule has 0 aromatic heterocycles. The van der Waals surface area contributed by atoms with Crippen LogP contribution in [0.2, 0.25) is 0 Å². The molecule has 6 nitrogen and oxygen atoms in total. The quantitative estimate of drug-likeness (QED) is 0.857. The second-order valence-electron chi connectivity index (χ2n) is 8.47. The first-order valence-corrected chi connectivity index (χ1v) is 9.79. The first kappa shape index (κ1) is 19.5. The monoisotopic (exact) mass is 395 g/mol. The van der Waals surface area contributed by atoms with Gasteiger partial charge >= 0.3 is 12.1 Å². The molecule has 1 fully saturated rings. The number of fused-ring (bicyclic) bond motifs is 3. The maximum Gasteiger partial charge on any atom is 0.410 e. The molecule has 0 radical (unpaired) electrons. The Balaban J connectivity index is 1.55. The Morgan fingerprint density at radius 1 is 1.10 bits per heavy atom. The van der Waals surface area contributed by atoms with Crippen molar-refractivity contribution in [3.05, 3.63) is 59.7 Å². The second-order valence-corrected chi connectivity index (χ2v) is 8.47. The molecule has 0 bridgehead atoms. The third-order valence-electron chi connectivity index (χ3n) is 5.60. The van der Waals surface area contributed by atoms with Gasteiger partial charge < -0.3 is 14.6 Å². The Kier molecular flexibility index (Phi) is 5.04. The van der Waals surface area contributed by atoms with Crippen molar-refractivity contribution in [3.8, 4) is 11.1 Å². The Morgan fingerprint density at radius 2 is 1.69 bits per heavy atom. The van der Waals surface area contributed by atoms with E-state index in [4.69, 9.17) is 9.47 Å². The molecule has 1 N–H and O–H groups in total. The number of amides is 1. The molecule has 0 spiro atoms. The third kappa shape index (κ3) is 3.72. The summed E-state index contributed by atoms with van der Waals surface area (Å²) in [4.78, 5) is 25.9. The zero-order valence-electron chi connectivity index (χ0n) is 16.6. The maximum absolute atomic E-state index is 12.9. The van der Waals surface area contributed by atoms with Crippen LogP contribution in [0.25, 0.3) is 11.1 Å². The summed E-state index contributed by atoms with van der Waals surface area (Å²) in [7, 11) is 0. The van der Waals surface area contributed by atoms with E-state index in [1.807, 2.05) is 38.1 Å². The van der Waals surface area contributed by atoms with Crippen LogP contribution in [0.3, 0.4) is 0 Å². The number of nitrogens with zero attached hydrogens (tertiary/aromatic N) is 1. The average Bonchev–Trinajstić information content (AvgIpc) is 2.91. The summed E-state index contributed by atoms with van der Waals surface area (Å²) in [5, 5.41) is 9.56. The predicted molar refractivity (Wildman–Crippen MR) is 108 cm³/mol. The lowest BCUT2D eigenvalue weighted by Crippen LogP contribution is -2.49. The Hall–Kier alpha value is -2.86. The molecule has 1 aliphatic heterocycles. The lowest BCUT2D eigenvalue weighted by atomic mass is 9.94. The topological polar surface area (TPSA) is 76.1 Å². The van der Waals surface area contributed by atoms with E-state index in [0.717, 1.165) is 22.3 Å². The van der Waals surface area contributed by atoms with Crippen LogP contribution in [0, 0.1) is 5.41 Å². The van der Waals surface area contributed by atoms with Gasteiger partial charge in [-0.15, -0.1) is 0 Å². The van der Waals surface area contributed by atoms with Crippen molar-refractivity contribution in [1.29, 1.82) is 0 Å². The van der Waals surface area contributed by atoms with Crippen LogP contribution >= 0.6 is 0 Å². The molecular weight excluding hydrogens is 370 g/mol. The molecule has 2 aromatic carbocycles. The summed E-state index contributed by atoms with van der Waals surface area (Å²) in [6.45, 7) is 4.67. The van der Waals surface area contributed by atoms with Gasteiger partial charge in [0, 0.05) is 17.9 Å². The fourth-order valence-corrected chi connectivity index (χ4v) is 4.23. The summed E-state index contributed by atoms with van der Waals surface area (Å²) in [5.74, 6) is -1.15. The third-order valence-corrected chi connectivity index (χ3v) is 5.60. The number of carbonyl (C=O) groups is 2. The van der Waals surface area contributed by atoms with E-state index < -0.39 is 18.1 Å². The zero-order chi connectivity index (χ0) is 20.6. The van der Waals surface area contributed by atoms with E-state index in [1.165, 1.54) is 4.90 Å².